The molecule has 0 aliphatic heterocycles. The summed E-state index contributed by atoms with van der Waals surface area (Å²) in [5, 5.41) is 16.7. The molecule has 0 spiro atoms. The summed E-state index contributed by atoms with van der Waals surface area (Å²) in [4.78, 5) is 34.9. The van der Waals surface area contributed by atoms with E-state index in [1.54, 1.807) is 7.05 Å². The number of carbonyl (C=O) groups is 2. The number of hydrogen-bond acceptors (Lipinski definition) is 6. The average Bonchev–Trinajstić information content (AvgIpc) is 2.71. The number of fused-ring (bicyclic) bond motifs is 1. The molecule has 1 amide bonds. The van der Waals surface area contributed by atoms with Crippen LogP contribution in [0.1, 0.15) is 40.4 Å². The van der Waals surface area contributed by atoms with Crippen LogP contribution in [0, 0.1) is 10.1 Å². The van der Waals surface area contributed by atoms with Crippen molar-refractivity contribution in [2.75, 3.05) is 19.0 Å². The van der Waals surface area contributed by atoms with Crippen LogP contribution in [0.15, 0.2) is 42.5 Å². The molecule has 8 nitrogen and oxygen atoms in total. The molecular weight excluding hydrogens is 362 g/mol. The van der Waals surface area contributed by atoms with Gasteiger partial charge in [0, 0.05) is 13.1 Å². The number of nitrogens with zero attached hydrogens (tertiary/aromatic N) is 1. The van der Waals surface area contributed by atoms with Crippen LogP contribution in [0.5, 0.6) is 0 Å². The van der Waals surface area contributed by atoms with Crippen molar-refractivity contribution in [2.45, 2.75) is 25.3 Å². The summed E-state index contributed by atoms with van der Waals surface area (Å²) in [7, 11) is 1.55. The van der Waals surface area contributed by atoms with Crippen molar-refractivity contribution in [3.8, 4) is 0 Å². The zero-order valence-corrected chi connectivity index (χ0v) is 15.4. The fourth-order valence-corrected chi connectivity index (χ4v) is 3.38. The van der Waals surface area contributed by atoms with Crippen molar-refractivity contribution in [1.82, 2.24) is 5.32 Å². The fourth-order valence-electron chi connectivity index (χ4n) is 3.38. The lowest BCUT2D eigenvalue weighted by Gasteiger charge is -2.26. The van der Waals surface area contributed by atoms with E-state index in [4.69, 9.17) is 4.74 Å². The van der Waals surface area contributed by atoms with Crippen LogP contribution in [0.3, 0.4) is 0 Å². The molecule has 2 N–H and O–H groups in total. The second kappa shape index (κ2) is 8.51. The highest BCUT2D eigenvalue weighted by atomic mass is 16.6. The van der Waals surface area contributed by atoms with Crippen LogP contribution in [0.4, 0.5) is 11.4 Å². The summed E-state index contributed by atoms with van der Waals surface area (Å²) in [6, 6.07) is 11.8. The minimum Gasteiger partial charge on any atom is -0.452 e. The van der Waals surface area contributed by atoms with Gasteiger partial charge in [0.2, 0.25) is 0 Å². The van der Waals surface area contributed by atoms with Crippen molar-refractivity contribution in [3.63, 3.8) is 0 Å². The standard InChI is InChI=1S/C20H21N3O5/c1-21-17-10-9-14(11-18(17)23(26)27)20(25)28-12-19(24)22-16-8-4-6-13-5-2-3-7-15(13)16/h2-3,5,7,9-11,16,21H,4,6,8,12H2,1H3,(H,22,24)/t16-/m0/s1. The van der Waals surface area contributed by atoms with Gasteiger partial charge in [0.05, 0.1) is 16.5 Å². The van der Waals surface area contributed by atoms with Gasteiger partial charge in [-0.05, 0) is 42.5 Å². The molecule has 0 bridgehead atoms. The third-order valence-corrected chi connectivity index (χ3v) is 4.74. The van der Waals surface area contributed by atoms with Crippen LogP contribution in [0.2, 0.25) is 0 Å². The second-order valence-corrected chi connectivity index (χ2v) is 6.53. The monoisotopic (exact) mass is 383 g/mol. The van der Waals surface area contributed by atoms with Gasteiger partial charge >= 0.3 is 5.97 Å². The Morgan fingerprint density at radius 1 is 1.25 bits per heavy atom. The number of carbonyl (C=O) groups excluding carboxylic acids is 2. The zero-order valence-electron chi connectivity index (χ0n) is 15.4. The summed E-state index contributed by atoms with van der Waals surface area (Å²) < 4.78 is 5.03. The number of nitro benzene ring substituents is 1. The first kappa shape index (κ1) is 19.3. The molecule has 0 saturated heterocycles. The van der Waals surface area contributed by atoms with E-state index in [1.165, 1.54) is 17.7 Å². The first-order chi connectivity index (χ1) is 13.5. The van der Waals surface area contributed by atoms with Crippen LogP contribution in [-0.2, 0) is 16.0 Å². The molecule has 8 heteroatoms. The highest BCUT2D eigenvalue weighted by molar-refractivity contribution is 5.93. The van der Waals surface area contributed by atoms with E-state index in [1.807, 2.05) is 18.2 Å². The predicted molar refractivity (Wildman–Crippen MR) is 103 cm³/mol. The topological polar surface area (TPSA) is 111 Å². The van der Waals surface area contributed by atoms with Crippen LogP contribution >= 0.6 is 0 Å². The number of ether oxygens (including phenoxy) is 1. The molecule has 0 saturated carbocycles. The number of esters is 1. The zero-order chi connectivity index (χ0) is 20.1. The first-order valence-electron chi connectivity index (χ1n) is 9.00. The number of anilines is 1. The Bertz CT molecular complexity index is 912. The Balaban J connectivity index is 1.60. The van der Waals surface area contributed by atoms with Gasteiger partial charge in [-0.25, -0.2) is 4.79 Å². The van der Waals surface area contributed by atoms with Crippen LogP contribution in [0.25, 0.3) is 0 Å². The molecule has 146 valence electrons. The lowest BCUT2D eigenvalue weighted by Crippen LogP contribution is -2.34. The number of amides is 1. The normalized spacial score (nSPS) is 15.2. The number of hydrogen-bond donors (Lipinski definition) is 2. The molecule has 28 heavy (non-hydrogen) atoms. The van der Waals surface area contributed by atoms with Gasteiger partial charge in [0.1, 0.15) is 5.69 Å². The van der Waals surface area contributed by atoms with Gasteiger partial charge in [0.15, 0.2) is 6.61 Å². The van der Waals surface area contributed by atoms with Gasteiger partial charge < -0.3 is 15.4 Å². The Morgan fingerprint density at radius 3 is 2.79 bits per heavy atom. The maximum absolute atomic E-state index is 12.2. The predicted octanol–water partition coefficient (Wildman–Crippen LogP) is 2.99. The lowest BCUT2D eigenvalue weighted by molar-refractivity contribution is -0.384. The molecule has 2 aromatic rings. The summed E-state index contributed by atoms with van der Waals surface area (Å²) in [6.07, 6.45) is 2.79. The summed E-state index contributed by atoms with van der Waals surface area (Å²) in [5.41, 5.74) is 2.37. The van der Waals surface area contributed by atoms with E-state index in [2.05, 4.69) is 16.7 Å². The number of benzene rings is 2. The van der Waals surface area contributed by atoms with Gasteiger partial charge in [-0.1, -0.05) is 24.3 Å². The Kier molecular flexibility index (Phi) is 5.88. The van der Waals surface area contributed by atoms with E-state index < -0.39 is 23.4 Å². The van der Waals surface area contributed by atoms with E-state index >= 15 is 0 Å². The smallest absolute Gasteiger partial charge is 0.338 e. The second-order valence-electron chi connectivity index (χ2n) is 6.53. The quantitative estimate of drug-likeness (QED) is 0.451. The third kappa shape index (κ3) is 4.28. The van der Waals surface area contributed by atoms with E-state index in [-0.39, 0.29) is 23.0 Å². The molecule has 0 heterocycles. The third-order valence-electron chi connectivity index (χ3n) is 4.74. The van der Waals surface area contributed by atoms with Gasteiger partial charge in [-0.2, -0.15) is 0 Å². The SMILES string of the molecule is CNc1ccc(C(=O)OCC(=O)N[C@H]2CCCc3ccccc32)cc1[N+](=O)[O-]. The lowest BCUT2D eigenvalue weighted by atomic mass is 9.88. The number of nitro groups is 1. The van der Waals surface area contributed by atoms with Crippen molar-refractivity contribution >= 4 is 23.3 Å². The first-order valence-corrected chi connectivity index (χ1v) is 9.00. The van der Waals surface area contributed by atoms with E-state index in [0.29, 0.717) is 0 Å². The minimum atomic E-state index is -0.787. The van der Waals surface area contributed by atoms with Crippen LogP contribution < -0.4 is 10.6 Å². The molecule has 2 aromatic carbocycles. The summed E-state index contributed by atoms with van der Waals surface area (Å²) >= 11 is 0. The minimum absolute atomic E-state index is 0.0153. The molecule has 0 aromatic heterocycles. The fraction of sp³-hybridized carbons (Fsp3) is 0.300. The number of aryl methyl sites for hydroxylation is 1. The molecule has 1 aliphatic rings. The molecule has 0 fully saturated rings. The van der Waals surface area contributed by atoms with Gasteiger partial charge in [-0.15, -0.1) is 0 Å². The number of rotatable bonds is 6. The average molecular weight is 383 g/mol. The maximum Gasteiger partial charge on any atom is 0.338 e. The molecule has 0 unspecified atom stereocenters. The van der Waals surface area contributed by atoms with Crippen molar-refractivity contribution in [2.24, 2.45) is 0 Å². The molecule has 3 rings (SSSR count). The van der Waals surface area contributed by atoms with Crippen molar-refractivity contribution in [3.05, 3.63) is 69.3 Å². The van der Waals surface area contributed by atoms with Gasteiger partial charge in [-0.3, -0.25) is 14.9 Å². The van der Waals surface area contributed by atoms with E-state index in [0.717, 1.165) is 30.9 Å². The highest BCUT2D eigenvalue weighted by Crippen LogP contribution is 2.29. The Hall–Kier alpha value is -3.42. The number of nitrogens with one attached hydrogen (secondary N) is 2. The van der Waals surface area contributed by atoms with Crippen molar-refractivity contribution in [1.29, 1.82) is 0 Å². The van der Waals surface area contributed by atoms with Crippen molar-refractivity contribution < 1.29 is 19.2 Å². The largest absolute Gasteiger partial charge is 0.452 e. The Labute approximate surface area is 162 Å². The maximum atomic E-state index is 12.2. The Morgan fingerprint density at radius 2 is 2.04 bits per heavy atom. The molecule has 0 radical (unpaired) electrons. The summed E-state index contributed by atoms with van der Waals surface area (Å²) in [6.45, 7) is -0.445. The molecular formula is C20H21N3O5. The highest BCUT2D eigenvalue weighted by Gasteiger charge is 2.22. The molecule has 1 atom stereocenters. The molecule has 1 aliphatic carbocycles. The summed E-state index contributed by atoms with van der Waals surface area (Å²) in [5.74, 6) is -1.19. The van der Waals surface area contributed by atoms with E-state index in [9.17, 15) is 19.7 Å². The van der Waals surface area contributed by atoms with Crippen LogP contribution in [-0.4, -0.2) is 30.5 Å². The van der Waals surface area contributed by atoms with Gasteiger partial charge in [0.25, 0.3) is 11.6 Å².